The van der Waals surface area contributed by atoms with Gasteiger partial charge in [0.15, 0.2) is 11.5 Å². The molecule has 0 N–H and O–H groups in total. The molecule has 0 radical (unpaired) electrons. The van der Waals surface area contributed by atoms with Crippen molar-refractivity contribution in [2.75, 3.05) is 20.8 Å². The molecule has 1 aliphatic heterocycles. The molecule has 1 aliphatic rings. The minimum Gasteiger partial charge on any atom is -0.493 e. The van der Waals surface area contributed by atoms with Crippen molar-refractivity contribution >= 4 is 15.9 Å². The van der Waals surface area contributed by atoms with Crippen LogP contribution in [0.1, 0.15) is 11.7 Å². The van der Waals surface area contributed by atoms with Crippen LogP contribution in [-0.4, -0.2) is 20.8 Å². The summed E-state index contributed by atoms with van der Waals surface area (Å²) in [6.07, 6.45) is 0.163. The monoisotopic (exact) mass is 258 g/mol. The number of benzene rings is 1. The number of ether oxygens (including phenoxy) is 3. The van der Waals surface area contributed by atoms with Crippen molar-refractivity contribution in [1.29, 1.82) is 0 Å². The van der Waals surface area contributed by atoms with Crippen LogP contribution in [-0.2, 0) is 4.74 Å². The molecule has 0 aromatic heterocycles. The van der Waals surface area contributed by atoms with Crippen LogP contribution in [0.2, 0.25) is 0 Å². The second-order valence-corrected chi connectivity index (χ2v) is 3.97. The zero-order chi connectivity index (χ0) is 10.1. The lowest BCUT2D eigenvalue weighted by atomic mass is 10.1. The molecule has 0 amide bonds. The lowest BCUT2D eigenvalue weighted by Gasteiger charge is -2.11. The van der Waals surface area contributed by atoms with Crippen molar-refractivity contribution in [1.82, 2.24) is 0 Å². The first-order valence-electron chi connectivity index (χ1n) is 4.29. The van der Waals surface area contributed by atoms with Gasteiger partial charge in [0.2, 0.25) is 0 Å². The molecule has 0 bridgehead atoms. The highest BCUT2D eigenvalue weighted by atomic mass is 79.9. The third-order valence-electron chi connectivity index (χ3n) is 2.15. The molecule has 0 spiro atoms. The summed E-state index contributed by atoms with van der Waals surface area (Å²) in [6.45, 7) is 0.760. The van der Waals surface area contributed by atoms with Gasteiger partial charge in [0.05, 0.1) is 20.8 Å². The highest BCUT2D eigenvalue weighted by Crippen LogP contribution is 2.43. The van der Waals surface area contributed by atoms with E-state index >= 15 is 0 Å². The maximum Gasteiger partial charge on any atom is 0.166 e. The Kier molecular flexibility index (Phi) is 2.65. The predicted molar refractivity (Wildman–Crippen MR) is 55.9 cm³/mol. The zero-order valence-corrected chi connectivity index (χ0v) is 9.63. The average Bonchev–Trinajstić information content (AvgIpc) is 2.99. The SMILES string of the molecule is COc1cc(Br)cc([C@H]2CO2)c1OC. The lowest BCUT2D eigenvalue weighted by molar-refractivity contribution is 0.343. The van der Waals surface area contributed by atoms with E-state index in [2.05, 4.69) is 15.9 Å². The number of halogens is 1. The summed E-state index contributed by atoms with van der Waals surface area (Å²) in [6, 6.07) is 3.88. The number of hydrogen-bond donors (Lipinski definition) is 0. The second-order valence-electron chi connectivity index (χ2n) is 3.05. The summed E-state index contributed by atoms with van der Waals surface area (Å²) in [5.41, 5.74) is 1.04. The van der Waals surface area contributed by atoms with E-state index < -0.39 is 0 Å². The van der Waals surface area contributed by atoms with Crippen LogP contribution in [0.25, 0.3) is 0 Å². The third kappa shape index (κ3) is 1.72. The molecule has 1 atom stereocenters. The molecule has 76 valence electrons. The Balaban J connectivity index is 2.49. The van der Waals surface area contributed by atoms with Crippen LogP contribution in [0.5, 0.6) is 11.5 Å². The first-order valence-corrected chi connectivity index (χ1v) is 5.08. The quantitative estimate of drug-likeness (QED) is 0.781. The fourth-order valence-electron chi connectivity index (χ4n) is 1.43. The Bertz CT molecular complexity index is 347. The number of hydrogen-bond acceptors (Lipinski definition) is 3. The maximum atomic E-state index is 5.30. The molecular formula is C10H11BrO3. The molecule has 14 heavy (non-hydrogen) atoms. The Morgan fingerprint density at radius 3 is 2.57 bits per heavy atom. The zero-order valence-electron chi connectivity index (χ0n) is 8.04. The first kappa shape index (κ1) is 9.80. The largest absolute Gasteiger partial charge is 0.493 e. The topological polar surface area (TPSA) is 31.0 Å². The summed E-state index contributed by atoms with van der Waals surface area (Å²) in [5.74, 6) is 1.49. The summed E-state index contributed by atoms with van der Waals surface area (Å²) in [4.78, 5) is 0. The number of rotatable bonds is 3. The fourth-order valence-corrected chi connectivity index (χ4v) is 1.88. The Hall–Kier alpha value is -0.740. The molecule has 4 heteroatoms. The van der Waals surface area contributed by atoms with Crippen LogP contribution in [0.3, 0.4) is 0 Å². The van der Waals surface area contributed by atoms with Gasteiger partial charge in [-0.05, 0) is 12.1 Å². The molecule has 1 fully saturated rings. The van der Waals surface area contributed by atoms with Gasteiger partial charge in [-0.3, -0.25) is 0 Å². The van der Waals surface area contributed by atoms with Gasteiger partial charge in [0.25, 0.3) is 0 Å². The summed E-state index contributed by atoms with van der Waals surface area (Å²) in [7, 11) is 3.26. The maximum absolute atomic E-state index is 5.30. The van der Waals surface area contributed by atoms with Crippen LogP contribution in [0.4, 0.5) is 0 Å². The minimum atomic E-state index is 0.163. The molecule has 1 saturated heterocycles. The van der Waals surface area contributed by atoms with Gasteiger partial charge < -0.3 is 14.2 Å². The van der Waals surface area contributed by atoms with Gasteiger partial charge in [-0.2, -0.15) is 0 Å². The van der Waals surface area contributed by atoms with Crippen LogP contribution in [0, 0.1) is 0 Å². The summed E-state index contributed by atoms with van der Waals surface area (Å²) in [5, 5.41) is 0. The normalized spacial score (nSPS) is 19.2. The first-order chi connectivity index (χ1) is 6.76. The van der Waals surface area contributed by atoms with E-state index in [1.54, 1.807) is 14.2 Å². The highest BCUT2D eigenvalue weighted by Gasteiger charge is 2.30. The summed E-state index contributed by atoms with van der Waals surface area (Å²) < 4.78 is 16.7. The van der Waals surface area contributed by atoms with Gasteiger partial charge in [0, 0.05) is 10.0 Å². The minimum absolute atomic E-state index is 0.163. The number of epoxide rings is 1. The molecule has 3 nitrogen and oxygen atoms in total. The van der Waals surface area contributed by atoms with Gasteiger partial charge in [0.1, 0.15) is 6.10 Å². The molecule has 2 rings (SSSR count). The Morgan fingerprint density at radius 1 is 1.36 bits per heavy atom. The van der Waals surface area contributed by atoms with Crippen LogP contribution in [0.15, 0.2) is 16.6 Å². The lowest BCUT2D eigenvalue weighted by Crippen LogP contribution is -1.95. The van der Waals surface area contributed by atoms with Gasteiger partial charge >= 0.3 is 0 Å². The molecule has 0 aliphatic carbocycles. The standard InChI is InChI=1S/C10H11BrO3/c1-12-8-4-6(11)3-7(9-5-14-9)10(8)13-2/h3-4,9H,5H2,1-2H3/t9-/m1/s1. The molecule has 0 unspecified atom stereocenters. The Morgan fingerprint density at radius 2 is 2.07 bits per heavy atom. The van der Waals surface area contributed by atoms with E-state index in [0.717, 1.165) is 28.1 Å². The van der Waals surface area contributed by atoms with Gasteiger partial charge in [-0.15, -0.1) is 0 Å². The molecule has 1 aromatic rings. The smallest absolute Gasteiger partial charge is 0.166 e. The predicted octanol–water partition coefficient (Wildman–Crippen LogP) is 2.54. The fraction of sp³-hybridized carbons (Fsp3) is 0.400. The third-order valence-corrected chi connectivity index (χ3v) is 2.61. The molecule has 1 heterocycles. The van der Waals surface area contributed by atoms with Crippen LogP contribution < -0.4 is 9.47 Å². The Labute approximate surface area is 91.1 Å². The second kappa shape index (κ2) is 3.79. The van der Waals surface area contributed by atoms with Crippen molar-refractivity contribution < 1.29 is 14.2 Å². The van der Waals surface area contributed by atoms with Crippen molar-refractivity contribution in [3.05, 3.63) is 22.2 Å². The highest BCUT2D eigenvalue weighted by molar-refractivity contribution is 9.10. The van der Waals surface area contributed by atoms with Crippen LogP contribution >= 0.6 is 15.9 Å². The van der Waals surface area contributed by atoms with E-state index in [1.165, 1.54) is 0 Å². The average molecular weight is 259 g/mol. The number of methoxy groups -OCH3 is 2. The van der Waals surface area contributed by atoms with E-state index in [4.69, 9.17) is 14.2 Å². The van der Waals surface area contributed by atoms with Crippen molar-refractivity contribution in [3.63, 3.8) is 0 Å². The van der Waals surface area contributed by atoms with Crippen molar-refractivity contribution in [3.8, 4) is 11.5 Å². The molecule has 0 saturated carbocycles. The molecule has 1 aromatic carbocycles. The van der Waals surface area contributed by atoms with E-state index in [1.807, 2.05) is 12.1 Å². The molecular weight excluding hydrogens is 248 g/mol. The summed E-state index contributed by atoms with van der Waals surface area (Å²) >= 11 is 3.42. The van der Waals surface area contributed by atoms with Gasteiger partial charge in [-0.1, -0.05) is 15.9 Å². The van der Waals surface area contributed by atoms with E-state index in [-0.39, 0.29) is 6.10 Å². The van der Waals surface area contributed by atoms with Gasteiger partial charge in [-0.25, -0.2) is 0 Å². The van der Waals surface area contributed by atoms with E-state index in [0.29, 0.717) is 0 Å². The van der Waals surface area contributed by atoms with Crippen molar-refractivity contribution in [2.24, 2.45) is 0 Å². The van der Waals surface area contributed by atoms with Crippen molar-refractivity contribution in [2.45, 2.75) is 6.10 Å². The van der Waals surface area contributed by atoms with E-state index in [9.17, 15) is 0 Å².